The van der Waals surface area contributed by atoms with Crippen molar-refractivity contribution < 1.29 is 9.18 Å². The molecule has 0 bridgehead atoms. The maximum atomic E-state index is 13.2. The van der Waals surface area contributed by atoms with Crippen LogP contribution in [-0.4, -0.2) is 33.8 Å². The molecule has 1 fully saturated rings. The molecule has 5 rings (SSSR count). The topological polar surface area (TPSA) is 87.8 Å². The molecular weight excluding hydrogens is 421 g/mol. The highest BCUT2D eigenvalue weighted by molar-refractivity contribution is 5.79. The van der Waals surface area contributed by atoms with Crippen molar-refractivity contribution in [3.8, 4) is 0 Å². The van der Waals surface area contributed by atoms with E-state index in [-0.39, 0.29) is 18.1 Å². The van der Waals surface area contributed by atoms with Crippen LogP contribution >= 0.6 is 0 Å². The molecule has 168 valence electrons. The van der Waals surface area contributed by atoms with E-state index in [0.29, 0.717) is 12.2 Å². The smallest absolute Gasteiger partial charge is 0.226 e. The molecule has 33 heavy (non-hydrogen) atoms. The highest BCUT2D eigenvalue weighted by Crippen LogP contribution is 2.28. The Morgan fingerprint density at radius 3 is 2.55 bits per heavy atom. The highest BCUT2D eigenvalue weighted by atomic mass is 19.1. The van der Waals surface area contributed by atoms with Gasteiger partial charge in [0.1, 0.15) is 17.3 Å². The largest absolute Gasteiger partial charge is 0.357 e. The Morgan fingerprint density at radius 2 is 1.85 bits per heavy atom. The minimum absolute atomic E-state index is 0.175. The first-order chi connectivity index (χ1) is 16.1. The van der Waals surface area contributed by atoms with Gasteiger partial charge in [-0.3, -0.25) is 9.48 Å². The average Bonchev–Trinajstić information content (AvgIpc) is 3.58. The fourth-order valence-corrected chi connectivity index (χ4v) is 4.09. The third kappa shape index (κ3) is 4.67. The van der Waals surface area contributed by atoms with Crippen molar-refractivity contribution in [3.05, 3.63) is 89.8 Å². The molecule has 1 atom stereocenters. The van der Waals surface area contributed by atoms with Crippen LogP contribution in [0.2, 0.25) is 0 Å². The summed E-state index contributed by atoms with van der Waals surface area (Å²) in [4.78, 5) is 19.6. The van der Waals surface area contributed by atoms with Gasteiger partial charge in [0.25, 0.3) is 0 Å². The van der Waals surface area contributed by atoms with Crippen molar-refractivity contribution in [1.29, 1.82) is 0 Å². The summed E-state index contributed by atoms with van der Waals surface area (Å²) >= 11 is 0. The Morgan fingerprint density at radius 1 is 1.06 bits per heavy atom. The number of carbonyl (C=O) groups is 1. The van der Waals surface area contributed by atoms with Crippen LogP contribution in [0.5, 0.6) is 0 Å². The number of anilines is 1. The Labute approximate surface area is 190 Å². The summed E-state index contributed by atoms with van der Waals surface area (Å²) in [6.07, 6.45) is 9.37. The molecule has 0 aliphatic carbocycles. The van der Waals surface area contributed by atoms with Gasteiger partial charge in [-0.05, 0) is 54.3 Å². The van der Waals surface area contributed by atoms with Gasteiger partial charge in [-0.15, -0.1) is 5.11 Å². The van der Waals surface area contributed by atoms with Crippen LogP contribution in [0.3, 0.4) is 0 Å². The summed E-state index contributed by atoms with van der Waals surface area (Å²) in [5.74, 6) is 0.468. The summed E-state index contributed by atoms with van der Waals surface area (Å²) in [5.41, 5.74) is 1.15. The summed E-state index contributed by atoms with van der Waals surface area (Å²) in [6, 6.07) is 12.0. The lowest BCUT2D eigenvalue weighted by molar-refractivity contribution is -0.122. The van der Waals surface area contributed by atoms with E-state index < -0.39 is 5.66 Å². The summed E-state index contributed by atoms with van der Waals surface area (Å²) in [7, 11) is 0. The molecule has 1 aromatic carbocycles. The van der Waals surface area contributed by atoms with Gasteiger partial charge in [0.05, 0.1) is 13.0 Å². The molecule has 3 aromatic rings. The molecule has 1 N–H and O–H groups in total. The minimum Gasteiger partial charge on any atom is -0.357 e. The van der Waals surface area contributed by atoms with E-state index >= 15 is 0 Å². The first kappa shape index (κ1) is 21.0. The van der Waals surface area contributed by atoms with Crippen LogP contribution < -0.4 is 10.2 Å². The molecule has 4 heterocycles. The van der Waals surface area contributed by atoms with Gasteiger partial charge in [0.15, 0.2) is 0 Å². The molecule has 0 saturated carbocycles. The van der Waals surface area contributed by atoms with Crippen LogP contribution in [0.4, 0.5) is 10.2 Å². The molecule has 9 heteroatoms. The van der Waals surface area contributed by atoms with Crippen molar-refractivity contribution in [1.82, 2.24) is 20.1 Å². The van der Waals surface area contributed by atoms with E-state index in [1.807, 2.05) is 12.1 Å². The van der Waals surface area contributed by atoms with E-state index in [0.717, 1.165) is 30.0 Å². The standard InChI is InChI=1S/C24H24FN7O/c25-20-6-3-18(4-7-20)17-32-14-9-21(29-32)24(10-11-27-30-24)28-23(33)15-19-5-8-22(26-16-19)31-12-1-2-13-31/h3-11,14,16H,1-2,12-13,15,17H2,(H,28,33). The van der Waals surface area contributed by atoms with Gasteiger partial charge in [0, 0.05) is 31.7 Å². The zero-order valence-electron chi connectivity index (χ0n) is 18.1. The normalized spacial score (nSPS) is 19.4. The quantitative estimate of drug-likeness (QED) is 0.602. The van der Waals surface area contributed by atoms with Gasteiger partial charge in [-0.25, -0.2) is 9.37 Å². The van der Waals surface area contributed by atoms with Crippen LogP contribution in [0.1, 0.15) is 29.7 Å². The van der Waals surface area contributed by atoms with Crippen molar-refractivity contribution in [2.24, 2.45) is 10.2 Å². The Bertz CT molecular complexity index is 1170. The molecule has 8 nitrogen and oxygen atoms in total. The summed E-state index contributed by atoms with van der Waals surface area (Å²) in [6.45, 7) is 2.53. The molecular formula is C24H24FN7O. The number of carbonyl (C=O) groups excluding carboxylic acids is 1. The van der Waals surface area contributed by atoms with Crippen molar-refractivity contribution in [2.45, 2.75) is 31.5 Å². The van der Waals surface area contributed by atoms with Crippen LogP contribution in [0.25, 0.3) is 0 Å². The second kappa shape index (κ2) is 8.93. The van der Waals surface area contributed by atoms with Gasteiger partial charge in [0.2, 0.25) is 11.6 Å². The summed E-state index contributed by atoms with van der Waals surface area (Å²) in [5, 5.41) is 15.7. The molecule has 2 aliphatic heterocycles. The zero-order valence-corrected chi connectivity index (χ0v) is 18.1. The molecule has 1 saturated heterocycles. The van der Waals surface area contributed by atoms with E-state index in [1.165, 1.54) is 25.0 Å². The van der Waals surface area contributed by atoms with Crippen LogP contribution in [-0.2, 0) is 23.4 Å². The van der Waals surface area contributed by atoms with E-state index in [1.54, 1.807) is 47.6 Å². The molecule has 2 aromatic heterocycles. The number of halogens is 1. The average molecular weight is 446 g/mol. The van der Waals surface area contributed by atoms with E-state index in [4.69, 9.17) is 0 Å². The van der Waals surface area contributed by atoms with Gasteiger partial charge in [-0.2, -0.15) is 10.2 Å². The number of pyridine rings is 1. The number of azo groups is 1. The van der Waals surface area contributed by atoms with Crippen molar-refractivity contribution in [3.63, 3.8) is 0 Å². The minimum atomic E-state index is -1.14. The Balaban J connectivity index is 1.26. The predicted octanol–water partition coefficient (Wildman–Crippen LogP) is 3.56. The monoisotopic (exact) mass is 445 g/mol. The SMILES string of the molecule is O=C(Cc1ccc(N2CCCC2)nc1)NC1(c2ccn(Cc3ccc(F)cc3)n2)C=CN=N1. The maximum absolute atomic E-state index is 13.2. The second-order valence-corrected chi connectivity index (χ2v) is 8.27. The lowest BCUT2D eigenvalue weighted by Gasteiger charge is -2.22. The third-order valence-electron chi connectivity index (χ3n) is 5.82. The van der Waals surface area contributed by atoms with E-state index in [9.17, 15) is 9.18 Å². The van der Waals surface area contributed by atoms with Crippen molar-refractivity contribution in [2.75, 3.05) is 18.0 Å². The number of hydrogen-bond acceptors (Lipinski definition) is 6. The number of nitrogens with zero attached hydrogens (tertiary/aromatic N) is 6. The Hall–Kier alpha value is -3.88. The number of benzene rings is 1. The predicted molar refractivity (Wildman–Crippen MR) is 121 cm³/mol. The maximum Gasteiger partial charge on any atom is 0.226 e. The summed E-state index contributed by atoms with van der Waals surface area (Å²) < 4.78 is 14.9. The van der Waals surface area contributed by atoms with Crippen LogP contribution in [0.15, 0.2) is 77.4 Å². The zero-order chi connectivity index (χ0) is 22.7. The number of aromatic nitrogens is 3. The fourth-order valence-electron chi connectivity index (χ4n) is 4.09. The first-order valence-electron chi connectivity index (χ1n) is 11.0. The van der Waals surface area contributed by atoms with E-state index in [2.05, 4.69) is 30.5 Å². The molecule has 1 unspecified atom stereocenters. The number of nitrogens with one attached hydrogen (secondary N) is 1. The first-order valence-corrected chi connectivity index (χ1v) is 11.0. The third-order valence-corrected chi connectivity index (χ3v) is 5.82. The number of rotatable bonds is 7. The molecule has 0 spiro atoms. The van der Waals surface area contributed by atoms with Gasteiger partial charge >= 0.3 is 0 Å². The van der Waals surface area contributed by atoms with Gasteiger partial charge < -0.3 is 10.2 Å². The second-order valence-electron chi connectivity index (χ2n) is 8.27. The van der Waals surface area contributed by atoms with Gasteiger partial charge in [-0.1, -0.05) is 18.2 Å². The lowest BCUT2D eigenvalue weighted by atomic mass is 10.1. The fraction of sp³-hybridized carbons (Fsp3) is 0.292. The lowest BCUT2D eigenvalue weighted by Crippen LogP contribution is -2.43. The number of amides is 1. The molecule has 2 aliphatic rings. The Kier molecular flexibility index (Phi) is 5.68. The highest BCUT2D eigenvalue weighted by Gasteiger charge is 2.36. The molecule has 1 amide bonds. The van der Waals surface area contributed by atoms with Crippen LogP contribution in [0, 0.1) is 5.82 Å². The number of hydrogen-bond donors (Lipinski definition) is 1. The molecule has 0 radical (unpaired) electrons. The van der Waals surface area contributed by atoms with Crippen molar-refractivity contribution >= 4 is 11.7 Å².